The molecule has 15 heavy (non-hydrogen) atoms. The number of carbonyl (C=O) groups is 1. The summed E-state index contributed by atoms with van der Waals surface area (Å²) in [7, 11) is 0. The minimum Gasteiger partial charge on any atom is -0.355 e. The molecule has 0 aliphatic heterocycles. The highest BCUT2D eigenvalue weighted by molar-refractivity contribution is 9.10. The highest BCUT2D eigenvalue weighted by atomic mass is 79.9. The van der Waals surface area contributed by atoms with Crippen molar-refractivity contribution in [2.45, 2.75) is 19.9 Å². The number of rotatable bonds is 5. The maximum atomic E-state index is 11.2. The highest BCUT2D eigenvalue weighted by Gasteiger charge is 2.11. The molecule has 1 amide bonds. The predicted molar refractivity (Wildman–Crippen MR) is 67.1 cm³/mol. The van der Waals surface area contributed by atoms with Crippen molar-refractivity contribution in [2.24, 2.45) is 0 Å². The van der Waals surface area contributed by atoms with E-state index in [4.69, 9.17) is 0 Å². The van der Waals surface area contributed by atoms with Crippen LogP contribution >= 0.6 is 27.3 Å². The van der Waals surface area contributed by atoms with E-state index in [-0.39, 0.29) is 11.9 Å². The first kappa shape index (κ1) is 12.7. The van der Waals surface area contributed by atoms with Crippen molar-refractivity contribution in [3.05, 3.63) is 20.8 Å². The monoisotopic (exact) mass is 290 g/mol. The molecule has 1 rings (SSSR count). The maximum absolute atomic E-state index is 11.2. The van der Waals surface area contributed by atoms with Crippen molar-refractivity contribution in [1.82, 2.24) is 10.6 Å². The summed E-state index contributed by atoms with van der Waals surface area (Å²) in [5.41, 5.74) is 0. The lowest BCUT2D eigenvalue weighted by molar-refractivity contribution is -0.120. The van der Waals surface area contributed by atoms with E-state index in [0.717, 1.165) is 4.47 Å². The molecule has 0 aliphatic carbocycles. The third kappa shape index (κ3) is 3.93. The zero-order chi connectivity index (χ0) is 11.3. The molecule has 1 atom stereocenters. The Labute approximate surface area is 102 Å². The van der Waals surface area contributed by atoms with Crippen molar-refractivity contribution >= 4 is 33.2 Å². The number of thiophene rings is 1. The van der Waals surface area contributed by atoms with E-state index >= 15 is 0 Å². The Morgan fingerprint density at radius 2 is 2.40 bits per heavy atom. The number of likely N-dealkylation sites (N-methyl/N-ethyl adjacent to an activating group) is 1. The van der Waals surface area contributed by atoms with Crippen LogP contribution in [0.1, 0.15) is 24.8 Å². The zero-order valence-electron chi connectivity index (χ0n) is 8.84. The van der Waals surface area contributed by atoms with Gasteiger partial charge in [0.1, 0.15) is 0 Å². The molecule has 0 spiro atoms. The minimum atomic E-state index is 0.0389. The molecule has 84 valence electrons. The molecule has 0 aromatic carbocycles. The van der Waals surface area contributed by atoms with E-state index in [1.807, 2.05) is 18.4 Å². The molecule has 3 nitrogen and oxygen atoms in total. The SMILES string of the molecule is CCNC(=O)CNC(C)c1sccc1Br. The lowest BCUT2D eigenvalue weighted by atomic mass is 10.3. The van der Waals surface area contributed by atoms with Crippen LogP contribution in [0.4, 0.5) is 0 Å². The molecule has 1 aromatic heterocycles. The van der Waals surface area contributed by atoms with Crippen molar-refractivity contribution in [1.29, 1.82) is 0 Å². The van der Waals surface area contributed by atoms with E-state index in [1.165, 1.54) is 4.88 Å². The summed E-state index contributed by atoms with van der Waals surface area (Å²) >= 11 is 5.16. The fourth-order valence-electron chi connectivity index (χ4n) is 1.21. The van der Waals surface area contributed by atoms with Gasteiger partial charge >= 0.3 is 0 Å². The number of nitrogens with one attached hydrogen (secondary N) is 2. The number of halogens is 1. The highest BCUT2D eigenvalue weighted by Crippen LogP contribution is 2.28. The van der Waals surface area contributed by atoms with Crippen molar-refractivity contribution in [3.8, 4) is 0 Å². The lowest BCUT2D eigenvalue weighted by Crippen LogP contribution is -2.34. The second-order valence-electron chi connectivity index (χ2n) is 3.19. The molecule has 1 unspecified atom stereocenters. The van der Waals surface area contributed by atoms with E-state index in [2.05, 4.69) is 33.5 Å². The zero-order valence-corrected chi connectivity index (χ0v) is 11.2. The number of hydrogen-bond acceptors (Lipinski definition) is 3. The van der Waals surface area contributed by atoms with Crippen LogP contribution in [-0.2, 0) is 4.79 Å². The molecule has 2 N–H and O–H groups in total. The Kier molecular flexibility index (Phi) is 5.28. The summed E-state index contributed by atoms with van der Waals surface area (Å²) in [6, 6.07) is 2.21. The fraction of sp³-hybridized carbons (Fsp3) is 0.500. The molecular formula is C10H15BrN2OS. The van der Waals surface area contributed by atoms with Gasteiger partial charge in [0, 0.05) is 21.9 Å². The van der Waals surface area contributed by atoms with Gasteiger partial charge in [0.2, 0.25) is 5.91 Å². The lowest BCUT2D eigenvalue weighted by Gasteiger charge is -2.12. The molecule has 0 saturated heterocycles. The minimum absolute atomic E-state index is 0.0389. The van der Waals surface area contributed by atoms with Gasteiger partial charge in [-0.3, -0.25) is 4.79 Å². The van der Waals surface area contributed by atoms with E-state index < -0.39 is 0 Å². The van der Waals surface area contributed by atoms with Gasteiger partial charge in [-0.2, -0.15) is 0 Å². The predicted octanol–water partition coefficient (Wildman–Crippen LogP) is 2.30. The summed E-state index contributed by atoms with van der Waals surface area (Å²) in [6.07, 6.45) is 0. The van der Waals surface area contributed by atoms with Crippen molar-refractivity contribution in [3.63, 3.8) is 0 Å². The molecule has 0 saturated carbocycles. The molecule has 1 aromatic rings. The van der Waals surface area contributed by atoms with Crippen LogP contribution < -0.4 is 10.6 Å². The number of carbonyl (C=O) groups excluding carboxylic acids is 1. The third-order valence-corrected chi connectivity index (χ3v) is 4.03. The molecule has 0 aliphatic rings. The van der Waals surface area contributed by atoms with Crippen molar-refractivity contribution < 1.29 is 4.79 Å². The van der Waals surface area contributed by atoms with Gasteiger partial charge < -0.3 is 10.6 Å². The second-order valence-corrected chi connectivity index (χ2v) is 4.99. The Balaban J connectivity index is 2.40. The number of amides is 1. The van der Waals surface area contributed by atoms with Crippen molar-refractivity contribution in [2.75, 3.05) is 13.1 Å². The van der Waals surface area contributed by atoms with Gasteiger partial charge in [0.05, 0.1) is 6.54 Å². The molecule has 1 heterocycles. The first-order valence-corrected chi connectivity index (χ1v) is 6.55. The quantitative estimate of drug-likeness (QED) is 0.874. The van der Waals surface area contributed by atoms with E-state index in [1.54, 1.807) is 11.3 Å². The second kappa shape index (κ2) is 6.25. The first-order valence-electron chi connectivity index (χ1n) is 4.88. The number of hydrogen-bond donors (Lipinski definition) is 2. The maximum Gasteiger partial charge on any atom is 0.233 e. The summed E-state index contributed by atoms with van der Waals surface area (Å²) < 4.78 is 1.10. The molecule has 0 bridgehead atoms. The smallest absolute Gasteiger partial charge is 0.233 e. The van der Waals surface area contributed by atoms with Gasteiger partial charge in [0.15, 0.2) is 0 Å². The van der Waals surface area contributed by atoms with Crippen LogP contribution in [0.25, 0.3) is 0 Å². The van der Waals surface area contributed by atoms with Gasteiger partial charge in [0.25, 0.3) is 0 Å². The van der Waals surface area contributed by atoms with Crippen LogP contribution in [0, 0.1) is 0 Å². The standard InChI is InChI=1S/C10H15BrN2OS/c1-3-12-9(14)6-13-7(2)10-8(11)4-5-15-10/h4-5,7,13H,3,6H2,1-2H3,(H,12,14). The Bertz CT molecular complexity index is 327. The van der Waals surface area contributed by atoms with E-state index in [0.29, 0.717) is 13.1 Å². The van der Waals surface area contributed by atoms with Crippen LogP contribution in [0.2, 0.25) is 0 Å². The average Bonchev–Trinajstić information content (AvgIpc) is 2.61. The Morgan fingerprint density at radius 3 is 2.93 bits per heavy atom. The molecule has 0 radical (unpaired) electrons. The topological polar surface area (TPSA) is 41.1 Å². The largest absolute Gasteiger partial charge is 0.355 e. The van der Waals surface area contributed by atoms with Crippen LogP contribution in [0.3, 0.4) is 0 Å². The van der Waals surface area contributed by atoms with Gasteiger partial charge in [-0.1, -0.05) is 0 Å². The van der Waals surface area contributed by atoms with Crippen LogP contribution in [0.5, 0.6) is 0 Å². The normalized spacial score (nSPS) is 12.5. The van der Waals surface area contributed by atoms with Gasteiger partial charge in [-0.15, -0.1) is 11.3 Å². The molecular weight excluding hydrogens is 276 g/mol. The summed E-state index contributed by atoms with van der Waals surface area (Å²) in [6.45, 7) is 5.00. The summed E-state index contributed by atoms with van der Waals surface area (Å²) in [5, 5.41) is 7.96. The Hall–Kier alpha value is -0.390. The Morgan fingerprint density at radius 1 is 1.67 bits per heavy atom. The molecule has 5 heteroatoms. The van der Waals surface area contributed by atoms with Gasteiger partial charge in [-0.05, 0) is 41.2 Å². The van der Waals surface area contributed by atoms with Crippen LogP contribution in [-0.4, -0.2) is 19.0 Å². The third-order valence-electron chi connectivity index (χ3n) is 1.98. The van der Waals surface area contributed by atoms with Gasteiger partial charge in [-0.25, -0.2) is 0 Å². The summed E-state index contributed by atoms with van der Waals surface area (Å²) in [5.74, 6) is 0.0389. The fourth-order valence-corrected chi connectivity index (χ4v) is 2.96. The first-order chi connectivity index (χ1) is 7.15. The molecule has 0 fully saturated rings. The summed E-state index contributed by atoms with van der Waals surface area (Å²) in [4.78, 5) is 12.4. The van der Waals surface area contributed by atoms with E-state index in [9.17, 15) is 4.79 Å². The van der Waals surface area contributed by atoms with Crippen LogP contribution in [0.15, 0.2) is 15.9 Å². The average molecular weight is 291 g/mol.